The molecule has 1 aromatic carbocycles. The standard InChI is InChI=1S/C21H29NO3/c1-13-4-5-14(2)18(6-13)25-15(3)19(23)22-20-8-16-7-17(9-20)11-21(24,10-16)12-20/h4-6,15-17,24H,7-12H2,1-3H3,(H,22,23)/t15-,16+,17+,20?,21?/m1/s1. The Kier molecular flexibility index (Phi) is 3.87. The van der Waals surface area contributed by atoms with E-state index in [1.54, 1.807) is 0 Å². The third-order valence-electron chi connectivity index (χ3n) is 6.44. The predicted molar refractivity (Wildman–Crippen MR) is 96.5 cm³/mol. The van der Waals surface area contributed by atoms with Gasteiger partial charge in [0, 0.05) is 5.54 Å². The smallest absolute Gasteiger partial charge is 0.261 e. The third kappa shape index (κ3) is 3.17. The van der Waals surface area contributed by atoms with E-state index in [1.807, 2.05) is 39.0 Å². The normalized spacial score (nSPS) is 37.0. The Bertz CT molecular complexity index is 684. The summed E-state index contributed by atoms with van der Waals surface area (Å²) >= 11 is 0. The highest BCUT2D eigenvalue weighted by atomic mass is 16.5. The van der Waals surface area contributed by atoms with Crippen LogP contribution in [0.3, 0.4) is 0 Å². The number of hydrogen-bond acceptors (Lipinski definition) is 3. The van der Waals surface area contributed by atoms with Crippen molar-refractivity contribution >= 4 is 5.91 Å². The molecule has 0 saturated heterocycles. The van der Waals surface area contributed by atoms with Crippen molar-refractivity contribution in [1.29, 1.82) is 0 Å². The molecule has 4 fully saturated rings. The number of aryl methyl sites for hydroxylation is 2. The summed E-state index contributed by atoms with van der Waals surface area (Å²) in [5.74, 6) is 1.82. The molecule has 2 N–H and O–H groups in total. The molecule has 1 amide bonds. The quantitative estimate of drug-likeness (QED) is 0.882. The predicted octanol–water partition coefficient (Wildman–Crippen LogP) is 3.27. The summed E-state index contributed by atoms with van der Waals surface area (Å²) in [7, 11) is 0. The van der Waals surface area contributed by atoms with Crippen molar-refractivity contribution in [3.05, 3.63) is 29.3 Å². The van der Waals surface area contributed by atoms with Crippen molar-refractivity contribution in [2.75, 3.05) is 0 Å². The largest absolute Gasteiger partial charge is 0.481 e. The SMILES string of the molecule is Cc1ccc(C)c(O[C@H](C)C(=O)NC23C[C@@H]4C[C@H](CC(O)(C4)C2)C3)c1. The van der Waals surface area contributed by atoms with Gasteiger partial charge in [-0.1, -0.05) is 12.1 Å². The van der Waals surface area contributed by atoms with Crippen LogP contribution in [0.1, 0.15) is 56.6 Å². The first-order valence-electron chi connectivity index (χ1n) is 9.54. The zero-order valence-electron chi connectivity index (χ0n) is 15.5. The average Bonchev–Trinajstić information content (AvgIpc) is 2.47. The van der Waals surface area contributed by atoms with E-state index >= 15 is 0 Å². The highest BCUT2D eigenvalue weighted by Crippen LogP contribution is 2.57. The van der Waals surface area contributed by atoms with Crippen LogP contribution < -0.4 is 10.1 Å². The molecule has 0 spiro atoms. The fraction of sp³-hybridized carbons (Fsp3) is 0.667. The first-order valence-corrected chi connectivity index (χ1v) is 9.54. The minimum absolute atomic E-state index is 0.0635. The van der Waals surface area contributed by atoms with E-state index in [1.165, 1.54) is 6.42 Å². The second-order valence-corrected chi connectivity index (χ2v) is 8.98. The Labute approximate surface area is 150 Å². The fourth-order valence-corrected chi connectivity index (χ4v) is 5.80. The van der Waals surface area contributed by atoms with E-state index < -0.39 is 11.7 Å². The Balaban J connectivity index is 1.46. The van der Waals surface area contributed by atoms with Gasteiger partial charge >= 0.3 is 0 Å². The van der Waals surface area contributed by atoms with Crippen LogP contribution in [0.2, 0.25) is 0 Å². The average molecular weight is 343 g/mol. The van der Waals surface area contributed by atoms with Gasteiger partial charge in [0.2, 0.25) is 0 Å². The van der Waals surface area contributed by atoms with Gasteiger partial charge in [0.05, 0.1) is 5.60 Å². The van der Waals surface area contributed by atoms with Gasteiger partial charge in [0.25, 0.3) is 5.91 Å². The van der Waals surface area contributed by atoms with Crippen LogP contribution in [0, 0.1) is 25.7 Å². The van der Waals surface area contributed by atoms with Gasteiger partial charge in [-0.25, -0.2) is 0 Å². The van der Waals surface area contributed by atoms with Crippen molar-refractivity contribution in [2.45, 2.75) is 76.5 Å². The van der Waals surface area contributed by atoms with Crippen molar-refractivity contribution in [1.82, 2.24) is 5.32 Å². The number of benzene rings is 1. The summed E-state index contributed by atoms with van der Waals surface area (Å²) in [5.41, 5.74) is 1.37. The number of nitrogens with one attached hydrogen (secondary N) is 1. The maximum absolute atomic E-state index is 12.8. The lowest BCUT2D eigenvalue weighted by molar-refractivity contribution is -0.153. The summed E-state index contributed by atoms with van der Waals surface area (Å²) in [6.45, 7) is 5.83. The second-order valence-electron chi connectivity index (χ2n) is 8.98. The van der Waals surface area contributed by atoms with Gasteiger partial charge in [-0.2, -0.15) is 0 Å². The monoisotopic (exact) mass is 343 g/mol. The molecular formula is C21H29NO3. The molecule has 136 valence electrons. The number of carbonyl (C=O) groups is 1. The van der Waals surface area contributed by atoms with E-state index in [4.69, 9.17) is 4.74 Å². The van der Waals surface area contributed by atoms with Gasteiger partial charge < -0.3 is 15.2 Å². The summed E-state index contributed by atoms with van der Waals surface area (Å²) in [5, 5.41) is 14.1. The molecule has 0 heterocycles. The highest BCUT2D eigenvalue weighted by molar-refractivity contribution is 5.81. The van der Waals surface area contributed by atoms with Crippen LogP contribution in [0.5, 0.6) is 5.75 Å². The lowest BCUT2D eigenvalue weighted by Crippen LogP contribution is -2.66. The number of ether oxygens (including phenoxy) is 1. The minimum atomic E-state index is -0.561. The maximum Gasteiger partial charge on any atom is 0.261 e. The molecule has 4 bridgehead atoms. The van der Waals surface area contributed by atoms with E-state index in [9.17, 15) is 9.90 Å². The van der Waals surface area contributed by atoms with Crippen molar-refractivity contribution < 1.29 is 14.6 Å². The number of aliphatic hydroxyl groups is 1. The Morgan fingerprint density at radius 2 is 1.92 bits per heavy atom. The fourth-order valence-electron chi connectivity index (χ4n) is 5.80. The summed E-state index contributed by atoms with van der Waals surface area (Å²) in [4.78, 5) is 12.8. The number of hydrogen-bond donors (Lipinski definition) is 2. The zero-order valence-corrected chi connectivity index (χ0v) is 15.5. The molecule has 5 rings (SSSR count). The summed E-state index contributed by atoms with van der Waals surface area (Å²) in [6.07, 6.45) is 5.22. The molecule has 4 saturated carbocycles. The molecule has 0 aliphatic heterocycles. The molecule has 4 aliphatic carbocycles. The Morgan fingerprint density at radius 3 is 2.56 bits per heavy atom. The molecule has 3 atom stereocenters. The van der Waals surface area contributed by atoms with Crippen LogP contribution in [0.15, 0.2) is 18.2 Å². The van der Waals surface area contributed by atoms with E-state index in [2.05, 4.69) is 5.32 Å². The lowest BCUT2D eigenvalue weighted by Gasteiger charge is -2.60. The molecule has 4 nitrogen and oxygen atoms in total. The van der Waals surface area contributed by atoms with Gasteiger partial charge in [-0.3, -0.25) is 4.79 Å². The van der Waals surface area contributed by atoms with Crippen molar-refractivity contribution in [3.63, 3.8) is 0 Å². The Hall–Kier alpha value is -1.55. The minimum Gasteiger partial charge on any atom is -0.481 e. The van der Waals surface area contributed by atoms with Crippen LogP contribution in [0.4, 0.5) is 0 Å². The van der Waals surface area contributed by atoms with Crippen LogP contribution >= 0.6 is 0 Å². The van der Waals surface area contributed by atoms with Gasteiger partial charge in [-0.05, 0) is 88.3 Å². The topological polar surface area (TPSA) is 58.6 Å². The highest BCUT2D eigenvalue weighted by Gasteiger charge is 2.57. The van der Waals surface area contributed by atoms with Gasteiger partial charge in [-0.15, -0.1) is 0 Å². The molecule has 0 unspecified atom stereocenters. The summed E-state index contributed by atoms with van der Waals surface area (Å²) < 4.78 is 5.95. The molecule has 4 aliphatic rings. The molecule has 1 aromatic rings. The van der Waals surface area contributed by atoms with Crippen LogP contribution in [0.25, 0.3) is 0 Å². The van der Waals surface area contributed by atoms with Crippen LogP contribution in [-0.4, -0.2) is 28.3 Å². The number of carbonyl (C=O) groups excluding carboxylic acids is 1. The van der Waals surface area contributed by atoms with E-state index in [-0.39, 0.29) is 11.4 Å². The second kappa shape index (κ2) is 5.73. The molecule has 0 aromatic heterocycles. The first kappa shape index (κ1) is 16.9. The number of amides is 1. The van der Waals surface area contributed by atoms with Crippen LogP contribution in [-0.2, 0) is 4.79 Å². The first-order chi connectivity index (χ1) is 11.8. The molecule has 4 heteroatoms. The molecular weight excluding hydrogens is 314 g/mol. The number of rotatable bonds is 4. The zero-order chi connectivity index (χ0) is 17.8. The Morgan fingerprint density at radius 1 is 1.24 bits per heavy atom. The summed E-state index contributed by atoms with van der Waals surface area (Å²) in [6, 6.07) is 6.04. The lowest BCUT2D eigenvalue weighted by atomic mass is 9.51. The third-order valence-corrected chi connectivity index (χ3v) is 6.44. The van der Waals surface area contributed by atoms with Gasteiger partial charge in [0.1, 0.15) is 5.75 Å². The van der Waals surface area contributed by atoms with E-state index in [0.29, 0.717) is 18.3 Å². The maximum atomic E-state index is 12.8. The van der Waals surface area contributed by atoms with Gasteiger partial charge in [0.15, 0.2) is 6.10 Å². The van der Waals surface area contributed by atoms with Crippen molar-refractivity contribution in [3.8, 4) is 5.75 Å². The van der Waals surface area contributed by atoms with Crippen molar-refractivity contribution in [2.24, 2.45) is 11.8 Å². The molecule has 25 heavy (non-hydrogen) atoms. The van der Waals surface area contributed by atoms with E-state index in [0.717, 1.165) is 42.6 Å². The molecule has 0 radical (unpaired) electrons.